The lowest BCUT2D eigenvalue weighted by Gasteiger charge is -2.21. The maximum absolute atomic E-state index is 11.2. The van der Waals surface area contributed by atoms with Gasteiger partial charge in [-0.25, -0.2) is 0 Å². The minimum absolute atomic E-state index is 0.0731. The van der Waals surface area contributed by atoms with Crippen LogP contribution in [0.2, 0.25) is 0 Å². The zero-order valence-corrected chi connectivity index (χ0v) is 7.03. The van der Waals surface area contributed by atoms with Gasteiger partial charge in [-0.05, 0) is 19.4 Å². The molecule has 3 nitrogen and oxygen atoms in total. The van der Waals surface area contributed by atoms with Crippen LogP contribution >= 0.6 is 0 Å². The van der Waals surface area contributed by atoms with Crippen LogP contribution in [0.3, 0.4) is 0 Å². The summed E-state index contributed by atoms with van der Waals surface area (Å²) in [6.45, 7) is 6.26. The molecule has 1 heterocycles. The van der Waals surface area contributed by atoms with E-state index in [1.54, 1.807) is 0 Å². The van der Waals surface area contributed by atoms with E-state index in [9.17, 15) is 4.79 Å². The molecule has 0 aromatic rings. The molecule has 0 spiro atoms. The number of likely N-dealkylation sites (N-methyl/N-ethyl adjacent to an activating group) is 1. The third-order valence-corrected chi connectivity index (χ3v) is 1.89. The molecule has 0 saturated carbocycles. The molecule has 0 aliphatic carbocycles. The van der Waals surface area contributed by atoms with E-state index in [2.05, 4.69) is 10.6 Å². The van der Waals surface area contributed by atoms with Gasteiger partial charge in [0.2, 0.25) is 5.91 Å². The van der Waals surface area contributed by atoms with Gasteiger partial charge in [0.1, 0.15) is 0 Å². The van der Waals surface area contributed by atoms with E-state index < -0.39 is 0 Å². The Bertz CT molecular complexity index is 190. The Hall–Kier alpha value is -0.830. The molecule has 1 amide bonds. The molecule has 0 aromatic carbocycles. The molecule has 1 saturated heterocycles. The predicted octanol–water partition coefficient (Wildman–Crippen LogP) is 0.0422. The zero-order valence-electron chi connectivity index (χ0n) is 7.03. The molecule has 0 unspecified atom stereocenters. The van der Waals surface area contributed by atoms with E-state index in [1.165, 1.54) is 5.57 Å². The fraction of sp³-hybridized carbons (Fsp3) is 0.625. The van der Waals surface area contributed by atoms with Crippen molar-refractivity contribution in [3.8, 4) is 0 Å². The lowest BCUT2D eigenvalue weighted by Crippen LogP contribution is -2.37. The summed E-state index contributed by atoms with van der Waals surface area (Å²) in [5.74, 6) is 0.0731. The Morgan fingerprint density at radius 1 is 1.64 bits per heavy atom. The second-order valence-corrected chi connectivity index (χ2v) is 2.69. The highest BCUT2D eigenvalue weighted by Gasteiger charge is 2.14. The summed E-state index contributed by atoms with van der Waals surface area (Å²) in [6, 6.07) is 0. The maximum Gasteiger partial charge on any atom is 0.246 e. The molecule has 3 heteroatoms. The first-order valence-electron chi connectivity index (χ1n) is 3.93. The van der Waals surface area contributed by atoms with Gasteiger partial charge in [0.05, 0.1) is 0 Å². The van der Waals surface area contributed by atoms with Crippen molar-refractivity contribution in [2.75, 3.05) is 19.6 Å². The van der Waals surface area contributed by atoms with E-state index in [0.29, 0.717) is 6.54 Å². The molecule has 1 aliphatic rings. The number of nitrogens with one attached hydrogen (secondary N) is 2. The lowest BCUT2D eigenvalue weighted by molar-refractivity contribution is -0.117. The third kappa shape index (κ3) is 1.80. The standard InChI is InChI=1S/C8H14N2O/c1-3-10-8(11)6(2)7-4-9-5-7/h9H,3-5H2,1-2H3,(H,10,11). The van der Waals surface area contributed by atoms with Crippen LogP contribution in [0.25, 0.3) is 0 Å². The number of amides is 1. The summed E-state index contributed by atoms with van der Waals surface area (Å²) >= 11 is 0. The fourth-order valence-corrected chi connectivity index (χ4v) is 0.969. The molecule has 1 aliphatic heterocycles. The van der Waals surface area contributed by atoms with Crippen molar-refractivity contribution in [1.29, 1.82) is 0 Å². The second kappa shape index (κ2) is 3.53. The van der Waals surface area contributed by atoms with E-state index in [4.69, 9.17) is 0 Å². The second-order valence-electron chi connectivity index (χ2n) is 2.69. The summed E-state index contributed by atoms with van der Waals surface area (Å²) in [4.78, 5) is 11.2. The van der Waals surface area contributed by atoms with Gasteiger partial charge in [-0.2, -0.15) is 0 Å². The maximum atomic E-state index is 11.2. The molecule has 0 radical (unpaired) electrons. The number of hydrogen-bond acceptors (Lipinski definition) is 2. The van der Waals surface area contributed by atoms with Crippen LogP contribution in [0.5, 0.6) is 0 Å². The van der Waals surface area contributed by atoms with Crippen molar-refractivity contribution in [3.05, 3.63) is 11.1 Å². The van der Waals surface area contributed by atoms with Crippen LogP contribution in [0, 0.1) is 0 Å². The number of carbonyl (C=O) groups is 1. The highest BCUT2D eigenvalue weighted by Crippen LogP contribution is 2.07. The van der Waals surface area contributed by atoms with Gasteiger partial charge in [-0.15, -0.1) is 0 Å². The molecule has 0 bridgehead atoms. The first kappa shape index (κ1) is 8.27. The third-order valence-electron chi connectivity index (χ3n) is 1.89. The number of rotatable bonds is 2. The Kier molecular flexibility index (Phi) is 2.65. The summed E-state index contributed by atoms with van der Waals surface area (Å²) in [5.41, 5.74) is 2.11. The van der Waals surface area contributed by atoms with Gasteiger partial charge >= 0.3 is 0 Å². The van der Waals surface area contributed by atoms with Gasteiger partial charge in [0.25, 0.3) is 0 Å². The van der Waals surface area contributed by atoms with Crippen LogP contribution < -0.4 is 10.6 Å². The normalized spacial score (nSPS) is 15.6. The lowest BCUT2D eigenvalue weighted by atomic mass is 10.0. The molecule has 0 atom stereocenters. The van der Waals surface area contributed by atoms with Crippen LogP contribution in [-0.4, -0.2) is 25.5 Å². The van der Waals surface area contributed by atoms with E-state index in [-0.39, 0.29) is 5.91 Å². The summed E-state index contributed by atoms with van der Waals surface area (Å²) in [7, 11) is 0. The van der Waals surface area contributed by atoms with Crippen molar-refractivity contribution in [1.82, 2.24) is 10.6 Å². The molecular weight excluding hydrogens is 140 g/mol. The van der Waals surface area contributed by atoms with Crippen molar-refractivity contribution < 1.29 is 4.79 Å². The Morgan fingerprint density at radius 3 is 2.64 bits per heavy atom. The van der Waals surface area contributed by atoms with Gasteiger partial charge < -0.3 is 10.6 Å². The quantitative estimate of drug-likeness (QED) is 0.551. The topological polar surface area (TPSA) is 41.1 Å². The van der Waals surface area contributed by atoms with Crippen LogP contribution in [0.1, 0.15) is 13.8 Å². The van der Waals surface area contributed by atoms with Gasteiger partial charge in [0, 0.05) is 25.2 Å². The summed E-state index contributed by atoms with van der Waals surface area (Å²) in [6.07, 6.45) is 0. The Morgan fingerprint density at radius 2 is 2.27 bits per heavy atom. The molecule has 0 aromatic heterocycles. The minimum Gasteiger partial charge on any atom is -0.353 e. The van der Waals surface area contributed by atoms with Crippen molar-refractivity contribution in [2.24, 2.45) is 0 Å². The average Bonchev–Trinajstić information content (AvgIpc) is 1.84. The van der Waals surface area contributed by atoms with E-state index in [0.717, 1.165) is 18.7 Å². The highest BCUT2D eigenvalue weighted by molar-refractivity contribution is 5.93. The zero-order chi connectivity index (χ0) is 8.27. The molecule has 1 rings (SSSR count). The molecule has 62 valence electrons. The van der Waals surface area contributed by atoms with Crippen LogP contribution in [-0.2, 0) is 4.79 Å². The van der Waals surface area contributed by atoms with Gasteiger partial charge in [-0.3, -0.25) is 4.79 Å². The van der Waals surface area contributed by atoms with E-state index >= 15 is 0 Å². The highest BCUT2D eigenvalue weighted by atomic mass is 16.1. The van der Waals surface area contributed by atoms with Crippen LogP contribution in [0.4, 0.5) is 0 Å². The number of hydrogen-bond donors (Lipinski definition) is 2. The average molecular weight is 154 g/mol. The predicted molar refractivity (Wildman–Crippen MR) is 44.3 cm³/mol. The first-order chi connectivity index (χ1) is 5.25. The minimum atomic E-state index is 0.0731. The van der Waals surface area contributed by atoms with Crippen molar-refractivity contribution in [3.63, 3.8) is 0 Å². The molecule has 1 fully saturated rings. The largest absolute Gasteiger partial charge is 0.353 e. The molecule has 2 N–H and O–H groups in total. The summed E-state index contributed by atoms with van der Waals surface area (Å²) in [5, 5.41) is 5.87. The van der Waals surface area contributed by atoms with Gasteiger partial charge in [0.15, 0.2) is 0 Å². The SMILES string of the molecule is CCNC(=O)C(C)=C1CNC1. The molecular formula is C8H14N2O. The van der Waals surface area contributed by atoms with Gasteiger partial charge in [-0.1, -0.05) is 0 Å². The number of carbonyl (C=O) groups excluding carboxylic acids is 1. The van der Waals surface area contributed by atoms with Crippen molar-refractivity contribution >= 4 is 5.91 Å². The Labute approximate surface area is 66.9 Å². The fourth-order valence-electron chi connectivity index (χ4n) is 0.969. The Balaban J connectivity index is 2.51. The smallest absolute Gasteiger partial charge is 0.246 e. The summed E-state index contributed by atoms with van der Waals surface area (Å²) < 4.78 is 0. The van der Waals surface area contributed by atoms with Crippen molar-refractivity contribution in [2.45, 2.75) is 13.8 Å². The first-order valence-corrected chi connectivity index (χ1v) is 3.93. The molecule has 11 heavy (non-hydrogen) atoms. The van der Waals surface area contributed by atoms with E-state index in [1.807, 2.05) is 13.8 Å². The van der Waals surface area contributed by atoms with Crippen LogP contribution in [0.15, 0.2) is 11.1 Å². The monoisotopic (exact) mass is 154 g/mol.